The Balaban J connectivity index is 2.40. The Morgan fingerprint density at radius 1 is 0.879 bits per heavy atom. The Labute approximate surface area is 208 Å². The molecule has 2 rings (SSSR count). The molecule has 3 N–H and O–H groups in total. The van der Waals surface area contributed by atoms with Crippen LogP contribution in [0.4, 0.5) is 5.69 Å². The Bertz CT molecular complexity index is 974. The second-order valence-corrected chi connectivity index (χ2v) is 10.9. The molecule has 33 heavy (non-hydrogen) atoms. The lowest BCUT2D eigenvalue weighted by Gasteiger charge is -2.22. The molecule has 1 atom stereocenters. The minimum Gasteiger partial charge on any atom is -0.456 e. The molecule has 1 amide bonds. The van der Waals surface area contributed by atoms with Gasteiger partial charge in [-0.15, -0.1) is 0 Å². The van der Waals surface area contributed by atoms with Gasteiger partial charge in [0.1, 0.15) is 11.2 Å². The number of hydrogen-bond acceptors (Lipinski definition) is 6. The molecule has 0 heterocycles. The molecule has 0 aliphatic heterocycles. The van der Waals surface area contributed by atoms with Crippen LogP contribution in [-0.4, -0.2) is 35.6 Å². The summed E-state index contributed by atoms with van der Waals surface area (Å²) in [4.78, 5) is 38.4. The van der Waals surface area contributed by atoms with Crippen LogP contribution in [0, 0.1) is 3.57 Å². The first-order chi connectivity index (χ1) is 15.2. The van der Waals surface area contributed by atoms with Crippen molar-refractivity contribution in [3.05, 3.63) is 62.7 Å². The summed E-state index contributed by atoms with van der Waals surface area (Å²) in [5, 5.41) is 2.79. The van der Waals surface area contributed by atoms with Crippen LogP contribution in [-0.2, 0) is 14.3 Å². The normalized spacial score (nSPS) is 12.6. The second kappa shape index (κ2) is 10.6. The lowest BCUT2D eigenvalue weighted by atomic mass is 9.98. The van der Waals surface area contributed by atoms with E-state index in [0.717, 1.165) is 9.13 Å². The fraction of sp³-hybridized carbons (Fsp3) is 0.400. The van der Waals surface area contributed by atoms with Gasteiger partial charge in [0.05, 0.1) is 17.0 Å². The van der Waals surface area contributed by atoms with Gasteiger partial charge in [-0.25, -0.2) is 9.59 Å². The van der Waals surface area contributed by atoms with E-state index >= 15 is 0 Å². The third kappa shape index (κ3) is 8.43. The number of benzene rings is 2. The summed E-state index contributed by atoms with van der Waals surface area (Å²) < 4.78 is 11.9. The molecule has 0 aromatic heterocycles. The highest BCUT2D eigenvalue weighted by molar-refractivity contribution is 14.1. The van der Waals surface area contributed by atoms with Crippen molar-refractivity contribution in [2.45, 2.75) is 58.7 Å². The smallest absolute Gasteiger partial charge is 0.338 e. The van der Waals surface area contributed by atoms with E-state index in [2.05, 4.69) is 27.9 Å². The number of hydrogen-bond donors (Lipinski definition) is 2. The number of anilines is 1. The lowest BCUT2D eigenvalue weighted by Crippen LogP contribution is -2.28. The van der Waals surface area contributed by atoms with Crippen LogP contribution >= 0.6 is 22.6 Å². The third-order valence-corrected chi connectivity index (χ3v) is 5.01. The van der Waals surface area contributed by atoms with Gasteiger partial charge in [-0.1, -0.05) is 12.1 Å². The number of esters is 2. The average Bonchev–Trinajstić information content (AvgIpc) is 2.67. The predicted octanol–water partition coefficient (Wildman–Crippen LogP) is 4.88. The summed E-state index contributed by atoms with van der Waals surface area (Å²) in [5.74, 6) is -2.18. The quantitative estimate of drug-likeness (QED) is 0.381. The van der Waals surface area contributed by atoms with E-state index in [0.29, 0.717) is 0 Å². The van der Waals surface area contributed by atoms with Crippen molar-refractivity contribution in [2.24, 2.45) is 5.73 Å². The molecule has 0 aliphatic rings. The SMILES string of the molecule is CC(C)(C)OC(=O)c1cc(NC(=O)C(CN)c2ccc(I)cc2)cc(C(=O)OC(C)(C)C)c1. The number of carbonyl (C=O) groups excluding carboxylic acids is 3. The number of carbonyl (C=O) groups is 3. The van der Waals surface area contributed by atoms with Crippen LogP contribution in [0.5, 0.6) is 0 Å². The third-order valence-electron chi connectivity index (χ3n) is 4.29. The number of nitrogens with two attached hydrogens (primary N) is 1. The number of ether oxygens (including phenoxy) is 2. The number of amides is 1. The number of rotatable bonds is 6. The zero-order valence-electron chi connectivity index (χ0n) is 19.8. The van der Waals surface area contributed by atoms with Gasteiger partial charge in [0.25, 0.3) is 0 Å². The van der Waals surface area contributed by atoms with Crippen LogP contribution in [0.1, 0.15) is 73.7 Å². The molecule has 2 aromatic rings. The summed E-state index contributed by atoms with van der Waals surface area (Å²) >= 11 is 2.19. The first kappa shape index (κ1) is 26.8. The van der Waals surface area contributed by atoms with Crippen molar-refractivity contribution in [2.75, 3.05) is 11.9 Å². The highest BCUT2D eigenvalue weighted by Gasteiger charge is 2.24. The monoisotopic (exact) mass is 566 g/mol. The molecule has 2 aromatic carbocycles. The summed E-state index contributed by atoms with van der Waals surface area (Å²) in [6.45, 7) is 10.6. The minimum atomic E-state index is -0.724. The van der Waals surface area contributed by atoms with Crippen molar-refractivity contribution < 1.29 is 23.9 Å². The van der Waals surface area contributed by atoms with E-state index < -0.39 is 29.1 Å². The molecule has 0 spiro atoms. The Hall–Kier alpha value is -2.46. The standard InChI is InChI=1S/C25H31IN2O5/c1-24(2,3)32-22(30)16-11-17(23(31)33-25(4,5)6)13-19(12-16)28-21(29)20(14-27)15-7-9-18(26)10-8-15/h7-13,20H,14,27H2,1-6H3,(H,28,29). The zero-order chi connectivity index (χ0) is 25.0. The molecule has 8 heteroatoms. The van der Waals surface area contributed by atoms with E-state index in [1.54, 1.807) is 41.5 Å². The molecule has 0 bridgehead atoms. The molecule has 7 nitrogen and oxygen atoms in total. The Kier molecular flexibility index (Phi) is 8.64. The summed E-state index contributed by atoms with van der Waals surface area (Å²) in [6, 6.07) is 11.8. The first-order valence-corrected chi connectivity index (χ1v) is 11.6. The highest BCUT2D eigenvalue weighted by Crippen LogP contribution is 2.23. The van der Waals surface area contributed by atoms with E-state index in [1.165, 1.54) is 18.2 Å². The van der Waals surface area contributed by atoms with Gasteiger partial charge >= 0.3 is 11.9 Å². The Morgan fingerprint density at radius 2 is 1.33 bits per heavy atom. The van der Waals surface area contributed by atoms with Crippen LogP contribution < -0.4 is 11.1 Å². The van der Waals surface area contributed by atoms with E-state index in [9.17, 15) is 14.4 Å². The van der Waals surface area contributed by atoms with Crippen LogP contribution in [0.25, 0.3) is 0 Å². The summed E-state index contributed by atoms with van der Waals surface area (Å²) in [5.41, 5.74) is 5.73. The van der Waals surface area contributed by atoms with Crippen molar-refractivity contribution in [1.29, 1.82) is 0 Å². The highest BCUT2D eigenvalue weighted by atomic mass is 127. The second-order valence-electron chi connectivity index (χ2n) is 9.63. The molecule has 1 unspecified atom stereocenters. The van der Waals surface area contributed by atoms with Crippen molar-refractivity contribution in [3.8, 4) is 0 Å². The maximum Gasteiger partial charge on any atom is 0.338 e. The van der Waals surface area contributed by atoms with Gasteiger partial charge < -0.3 is 20.5 Å². The largest absolute Gasteiger partial charge is 0.456 e. The van der Waals surface area contributed by atoms with Gasteiger partial charge in [0.2, 0.25) is 5.91 Å². The fourth-order valence-corrected chi connectivity index (χ4v) is 3.29. The van der Waals surface area contributed by atoms with E-state index in [1.807, 2.05) is 24.3 Å². The topological polar surface area (TPSA) is 108 Å². The summed E-state index contributed by atoms with van der Waals surface area (Å²) in [7, 11) is 0. The van der Waals surface area contributed by atoms with Gasteiger partial charge in [-0.2, -0.15) is 0 Å². The molecule has 0 radical (unpaired) electrons. The van der Waals surface area contributed by atoms with Gasteiger partial charge in [0.15, 0.2) is 0 Å². The Morgan fingerprint density at radius 3 is 1.73 bits per heavy atom. The predicted molar refractivity (Wildman–Crippen MR) is 136 cm³/mol. The summed E-state index contributed by atoms with van der Waals surface area (Å²) in [6.07, 6.45) is 0. The van der Waals surface area contributed by atoms with Gasteiger partial charge in [0, 0.05) is 15.8 Å². The molecule has 0 saturated carbocycles. The van der Waals surface area contributed by atoms with E-state index in [-0.39, 0.29) is 29.3 Å². The van der Waals surface area contributed by atoms with Crippen molar-refractivity contribution >= 4 is 46.1 Å². The number of nitrogens with one attached hydrogen (secondary N) is 1. The molecular weight excluding hydrogens is 535 g/mol. The molecule has 0 aliphatic carbocycles. The van der Waals surface area contributed by atoms with Gasteiger partial charge in [-0.3, -0.25) is 4.79 Å². The maximum atomic E-state index is 13.0. The maximum absolute atomic E-state index is 13.0. The van der Waals surface area contributed by atoms with Crippen LogP contribution in [0.2, 0.25) is 0 Å². The first-order valence-electron chi connectivity index (χ1n) is 10.6. The fourth-order valence-electron chi connectivity index (χ4n) is 2.93. The molecular formula is C25H31IN2O5. The molecule has 0 fully saturated rings. The van der Waals surface area contributed by atoms with Gasteiger partial charge in [-0.05, 0) is 100 Å². The minimum absolute atomic E-state index is 0.0944. The number of halogens is 1. The molecule has 0 saturated heterocycles. The van der Waals surface area contributed by atoms with E-state index in [4.69, 9.17) is 15.2 Å². The van der Waals surface area contributed by atoms with Crippen molar-refractivity contribution in [3.63, 3.8) is 0 Å². The van der Waals surface area contributed by atoms with Crippen molar-refractivity contribution in [1.82, 2.24) is 0 Å². The van der Waals surface area contributed by atoms with Crippen LogP contribution in [0.3, 0.4) is 0 Å². The molecule has 178 valence electrons. The lowest BCUT2D eigenvalue weighted by molar-refractivity contribution is -0.117. The average molecular weight is 566 g/mol. The van der Waals surface area contributed by atoms with Crippen LogP contribution in [0.15, 0.2) is 42.5 Å². The zero-order valence-corrected chi connectivity index (χ0v) is 22.0.